The van der Waals surface area contributed by atoms with Crippen molar-refractivity contribution < 1.29 is 14.3 Å². The van der Waals surface area contributed by atoms with Crippen molar-refractivity contribution in [2.24, 2.45) is 5.41 Å². The zero-order chi connectivity index (χ0) is 26.4. The summed E-state index contributed by atoms with van der Waals surface area (Å²) in [5, 5.41) is 6.22. The molecule has 0 bridgehead atoms. The van der Waals surface area contributed by atoms with Gasteiger partial charge in [-0.3, -0.25) is 9.59 Å². The zero-order valence-electron chi connectivity index (χ0n) is 22.2. The largest absolute Gasteiger partial charge is 0.495 e. The van der Waals surface area contributed by atoms with Gasteiger partial charge in [-0.15, -0.1) is 11.6 Å². The lowest BCUT2D eigenvalue weighted by Gasteiger charge is -2.38. The van der Waals surface area contributed by atoms with Crippen LogP contribution < -0.4 is 25.2 Å². The summed E-state index contributed by atoms with van der Waals surface area (Å²) < 4.78 is 5.56. The Kier molecular flexibility index (Phi) is 8.85. The quantitative estimate of drug-likeness (QED) is 0.457. The van der Waals surface area contributed by atoms with Crippen LogP contribution in [0.2, 0.25) is 0 Å². The predicted octanol–water partition coefficient (Wildman–Crippen LogP) is 5.29. The number of halogens is 1. The number of nitrogens with one attached hydrogen (secondary N) is 2. The van der Waals surface area contributed by atoms with Crippen LogP contribution in [0.3, 0.4) is 0 Å². The van der Waals surface area contributed by atoms with Gasteiger partial charge in [-0.1, -0.05) is 31.4 Å². The van der Waals surface area contributed by atoms with Crippen LogP contribution in [-0.4, -0.2) is 57.0 Å². The van der Waals surface area contributed by atoms with Crippen molar-refractivity contribution in [1.82, 2.24) is 5.32 Å². The third-order valence-corrected chi connectivity index (χ3v) is 8.10. The number of nitrogens with zero attached hydrogens (tertiary/aromatic N) is 2. The molecule has 2 aromatic rings. The molecule has 2 aromatic carbocycles. The van der Waals surface area contributed by atoms with E-state index in [2.05, 4.69) is 26.5 Å². The summed E-state index contributed by atoms with van der Waals surface area (Å²) in [4.78, 5) is 30.9. The number of para-hydroxylation sites is 2. The molecule has 4 rings (SSSR count). The van der Waals surface area contributed by atoms with Crippen LogP contribution >= 0.6 is 11.6 Å². The summed E-state index contributed by atoms with van der Waals surface area (Å²) in [6, 6.07) is 13.9. The Morgan fingerprint density at radius 3 is 2.27 bits per heavy atom. The van der Waals surface area contributed by atoms with E-state index in [0.717, 1.165) is 69.0 Å². The summed E-state index contributed by atoms with van der Waals surface area (Å²) in [7, 11) is 1.70. The Labute approximate surface area is 225 Å². The van der Waals surface area contributed by atoms with Gasteiger partial charge in [0.25, 0.3) is 5.91 Å². The van der Waals surface area contributed by atoms with E-state index in [1.54, 1.807) is 7.11 Å². The van der Waals surface area contributed by atoms with Crippen molar-refractivity contribution >= 4 is 40.5 Å². The van der Waals surface area contributed by atoms with Gasteiger partial charge in [0, 0.05) is 49.5 Å². The Bertz CT molecular complexity index is 1090. The molecule has 200 valence electrons. The zero-order valence-corrected chi connectivity index (χ0v) is 22.9. The lowest BCUT2D eigenvalue weighted by atomic mass is 9.94. The first-order valence-electron chi connectivity index (χ1n) is 13.3. The predicted molar refractivity (Wildman–Crippen MR) is 151 cm³/mol. The fraction of sp³-hybridized carbons (Fsp3) is 0.517. The molecule has 2 amide bonds. The monoisotopic (exact) mass is 526 g/mol. The minimum atomic E-state index is -0.709. The van der Waals surface area contributed by atoms with Gasteiger partial charge in [-0.25, -0.2) is 0 Å². The van der Waals surface area contributed by atoms with Crippen LogP contribution in [0.25, 0.3) is 0 Å². The number of benzene rings is 2. The lowest BCUT2D eigenvalue weighted by Crippen LogP contribution is -2.47. The van der Waals surface area contributed by atoms with Gasteiger partial charge in [0.05, 0.1) is 23.8 Å². The topological polar surface area (TPSA) is 73.9 Å². The number of piperazine rings is 1. The van der Waals surface area contributed by atoms with E-state index in [4.69, 9.17) is 16.3 Å². The molecule has 1 heterocycles. The molecule has 0 atom stereocenters. The second kappa shape index (κ2) is 12.1. The molecular formula is C29H39ClN4O3. The smallest absolute Gasteiger partial charge is 0.253 e. The maximum Gasteiger partial charge on any atom is 0.253 e. The average molecular weight is 527 g/mol. The van der Waals surface area contributed by atoms with E-state index >= 15 is 0 Å². The van der Waals surface area contributed by atoms with Crippen LogP contribution in [0.5, 0.6) is 5.75 Å². The third kappa shape index (κ3) is 6.50. The minimum absolute atomic E-state index is 0.0817. The minimum Gasteiger partial charge on any atom is -0.495 e. The number of ether oxygens (including phenoxy) is 1. The molecule has 0 spiro atoms. The van der Waals surface area contributed by atoms with E-state index < -0.39 is 5.41 Å². The van der Waals surface area contributed by atoms with Crippen molar-refractivity contribution in [2.75, 3.05) is 54.3 Å². The Balaban J connectivity index is 1.55. The third-order valence-electron chi connectivity index (χ3n) is 7.43. The summed E-state index contributed by atoms with van der Waals surface area (Å²) in [5.74, 6) is 0.826. The Hall–Kier alpha value is -2.93. The van der Waals surface area contributed by atoms with E-state index in [0.29, 0.717) is 11.3 Å². The molecule has 0 aromatic heterocycles. The molecule has 8 heteroatoms. The molecule has 1 aliphatic heterocycles. The van der Waals surface area contributed by atoms with Crippen LogP contribution in [-0.2, 0) is 4.79 Å². The van der Waals surface area contributed by atoms with E-state index in [1.807, 2.05) is 50.2 Å². The fourth-order valence-electron chi connectivity index (χ4n) is 5.02. The molecule has 2 fully saturated rings. The van der Waals surface area contributed by atoms with Crippen molar-refractivity contribution in [1.29, 1.82) is 0 Å². The van der Waals surface area contributed by atoms with Gasteiger partial charge >= 0.3 is 0 Å². The highest BCUT2D eigenvalue weighted by Gasteiger charge is 2.28. The van der Waals surface area contributed by atoms with E-state index in [9.17, 15) is 9.59 Å². The van der Waals surface area contributed by atoms with Crippen molar-refractivity contribution in [2.45, 2.75) is 52.0 Å². The van der Waals surface area contributed by atoms with Crippen LogP contribution in [0.4, 0.5) is 17.1 Å². The first kappa shape index (κ1) is 27.1. The first-order valence-corrected chi connectivity index (χ1v) is 13.8. The molecule has 0 radical (unpaired) electrons. The second-order valence-corrected chi connectivity index (χ2v) is 10.9. The highest BCUT2D eigenvalue weighted by Crippen LogP contribution is 2.32. The maximum absolute atomic E-state index is 13.5. The number of carbonyl (C=O) groups is 2. The van der Waals surface area contributed by atoms with Gasteiger partial charge in [0.1, 0.15) is 5.75 Å². The summed E-state index contributed by atoms with van der Waals surface area (Å²) in [6.07, 6.45) is 5.54. The Morgan fingerprint density at radius 1 is 0.973 bits per heavy atom. The van der Waals surface area contributed by atoms with Gasteiger partial charge in [-0.05, 0) is 57.0 Å². The SMILES string of the molecule is COc1ccccc1N1CCN(c2ccc(NC(=O)C(C)(C)CCl)cc2C(=O)NC2CCCCC2)CC1. The molecule has 7 nitrogen and oxygen atoms in total. The standard InChI is InChI=1S/C29H39ClN4O3/c1-29(2,20-30)28(36)32-22-13-14-24(23(19-22)27(35)31-21-9-5-4-6-10-21)33-15-17-34(18-16-33)25-11-7-8-12-26(25)37-3/h7-8,11-14,19,21H,4-6,9-10,15-18,20H2,1-3H3,(H,31,35)(H,32,36). The number of anilines is 3. The number of methoxy groups -OCH3 is 1. The lowest BCUT2D eigenvalue weighted by molar-refractivity contribution is -0.122. The molecule has 2 N–H and O–H groups in total. The molecule has 0 unspecified atom stereocenters. The van der Waals surface area contributed by atoms with Crippen molar-refractivity contribution in [3.8, 4) is 5.75 Å². The highest BCUT2D eigenvalue weighted by molar-refractivity contribution is 6.20. The number of carbonyl (C=O) groups excluding carboxylic acids is 2. The van der Waals surface area contributed by atoms with Crippen LogP contribution in [0.1, 0.15) is 56.3 Å². The molecule has 2 aliphatic rings. The average Bonchev–Trinajstić information content (AvgIpc) is 2.93. The van der Waals surface area contributed by atoms with Gasteiger partial charge in [-0.2, -0.15) is 0 Å². The summed E-state index contributed by atoms with van der Waals surface area (Å²) in [5.41, 5.74) is 2.47. The number of hydrogen-bond acceptors (Lipinski definition) is 5. The van der Waals surface area contributed by atoms with Gasteiger partial charge in [0.2, 0.25) is 5.91 Å². The summed E-state index contributed by atoms with van der Waals surface area (Å²) in [6.45, 7) is 6.78. The highest BCUT2D eigenvalue weighted by atomic mass is 35.5. The number of rotatable bonds is 8. The van der Waals surface area contributed by atoms with Crippen LogP contribution in [0, 0.1) is 5.41 Å². The Morgan fingerprint density at radius 2 is 1.62 bits per heavy atom. The number of amides is 2. The van der Waals surface area contributed by atoms with E-state index in [-0.39, 0.29) is 23.7 Å². The van der Waals surface area contributed by atoms with Gasteiger partial charge < -0.3 is 25.2 Å². The second-order valence-electron chi connectivity index (χ2n) is 10.7. The number of alkyl halides is 1. The normalized spacial score (nSPS) is 16.9. The maximum atomic E-state index is 13.5. The molecule has 1 aliphatic carbocycles. The number of hydrogen-bond donors (Lipinski definition) is 2. The molecule has 1 saturated carbocycles. The summed E-state index contributed by atoms with van der Waals surface area (Å²) >= 11 is 6.00. The first-order chi connectivity index (χ1) is 17.8. The van der Waals surface area contributed by atoms with E-state index in [1.165, 1.54) is 6.42 Å². The molecule has 37 heavy (non-hydrogen) atoms. The van der Waals surface area contributed by atoms with Crippen LogP contribution in [0.15, 0.2) is 42.5 Å². The van der Waals surface area contributed by atoms with Gasteiger partial charge in [0.15, 0.2) is 0 Å². The van der Waals surface area contributed by atoms with Crippen molar-refractivity contribution in [3.05, 3.63) is 48.0 Å². The molecular weight excluding hydrogens is 488 g/mol. The fourth-order valence-corrected chi connectivity index (χ4v) is 5.14. The molecule has 1 saturated heterocycles. The van der Waals surface area contributed by atoms with Crippen molar-refractivity contribution in [3.63, 3.8) is 0 Å².